The number of anilines is 1. The summed E-state index contributed by atoms with van der Waals surface area (Å²) in [7, 11) is 1.63. The predicted octanol–water partition coefficient (Wildman–Crippen LogP) is 1.77. The first-order valence-electron chi connectivity index (χ1n) is 4.66. The predicted molar refractivity (Wildman–Crippen MR) is 59.3 cm³/mol. The number of imidazole rings is 1. The Balaban J connectivity index is 2.58. The molecule has 0 aliphatic rings. The molecule has 0 bridgehead atoms. The molecule has 1 aromatic carbocycles. The zero-order valence-corrected chi connectivity index (χ0v) is 8.77. The van der Waals surface area contributed by atoms with Crippen molar-refractivity contribution in [3.05, 3.63) is 36.4 Å². The van der Waals surface area contributed by atoms with Gasteiger partial charge in [0.1, 0.15) is 11.6 Å². The summed E-state index contributed by atoms with van der Waals surface area (Å²) in [4.78, 5) is 4.17. The quantitative estimate of drug-likeness (QED) is 0.757. The SMILES string of the molecule is COc1cc(N)ccc1-n1ccnc1C. The molecular weight excluding hydrogens is 190 g/mol. The number of ether oxygens (including phenoxy) is 1. The third-order valence-corrected chi connectivity index (χ3v) is 2.29. The van der Waals surface area contributed by atoms with Gasteiger partial charge < -0.3 is 15.0 Å². The van der Waals surface area contributed by atoms with Crippen LogP contribution in [0.3, 0.4) is 0 Å². The van der Waals surface area contributed by atoms with Gasteiger partial charge in [-0.1, -0.05) is 0 Å². The Bertz CT molecular complexity index is 476. The van der Waals surface area contributed by atoms with Gasteiger partial charge in [0.2, 0.25) is 0 Å². The number of nitrogens with zero attached hydrogens (tertiary/aromatic N) is 2. The van der Waals surface area contributed by atoms with Crippen molar-refractivity contribution in [2.24, 2.45) is 0 Å². The fourth-order valence-electron chi connectivity index (χ4n) is 1.53. The molecule has 4 nitrogen and oxygen atoms in total. The molecule has 0 atom stereocenters. The Kier molecular flexibility index (Phi) is 2.33. The molecule has 4 heteroatoms. The average molecular weight is 203 g/mol. The highest BCUT2D eigenvalue weighted by molar-refractivity contribution is 5.56. The third kappa shape index (κ3) is 1.66. The first kappa shape index (κ1) is 9.58. The maximum Gasteiger partial charge on any atom is 0.144 e. The van der Waals surface area contributed by atoms with Crippen molar-refractivity contribution in [1.82, 2.24) is 9.55 Å². The number of hydrogen-bond acceptors (Lipinski definition) is 3. The van der Waals surface area contributed by atoms with Gasteiger partial charge in [0.25, 0.3) is 0 Å². The molecule has 2 rings (SSSR count). The minimum absolute atomic E-state index is 0.688. The van der Waals surface area contributed by atoms with Crippen molar-refractivity contribution >= 4 is 5.69 Å². The maximum atomic E-state index is 5.69. The van der Waals surface area contributed by atoms with Gasteiger partial charge in [0.05, 0.1) is 12.8 Å². The molecular formula is C11H13N3O. The summed E-state index contributed by atoms with van der Waals surface area (Å²) in [5.74, 6) is 1.66. The zero-order chi connectivity index (χ0) is 10.8. The second-order valence-electron chi connectivity index (χ2n) is 3.28. The number of aryl methyl sites for hydroxylation is 1. The monoisotopic (exact) mass is 203 g/mol. The van der Waals surface area contributed by atoms with Gasteiger partial charge in [-0.15, -0.1) is 0 Å². The molecule has 0 saturated heterocycles. The van der Waals surface area contributed by atoms with Crippen LogP contribution >= 0.6 is 0 Å². The molecule has 0 aliphatic carbocycles. The fraction of sp³-hybridized carbons (Fsp3) is 0.182. The van der Waals surface area contributed by atoms with Crippen LogP contribution in [0, 0.1) is 6.92 Å². The molecule has 0 amide bonds. The average Bonchev–Trinajstić information content (AvgIpc) is 2.64. The van der Waals surface area contributed by atoms with E-state index < -0.39 is 0 Å². The van der Waals surface area contributed by atoms with E-state index in [0.717, 1.165) is 17.3 Å². The van der Waals surface area contributed by atoms with Crippen LogP contribution in [0.2, 0.25) is 0 Å². The molecule has 0 unspecified atom stereocenters. The van der Waals surface area contributed by atoms with E-state index >= 15 is 0 Å². The molecule has 0 saturated carbocycles. The zero-order valence-electron chi connectivity index (χ0n) is 8.77. The first-order valence-corrected chi connectivity index (χ1v) is 4.66. The van der Waals surface area contributed by atoms with E-state index in [4.69, 9.17) is 10.5 Å². The number of benzene rings is 1. The van der Waals surface area contributed by atoms with Gasteiger partial charge >= 0.3 is 0 Å². The lowest BCUT2D eigenvalue weighted by molar-refractivity contribution is 0.413. The van der Waals surface area contributed by atoms with Crippen molar-refractivity contribution in [3.8, 4) is 11.4 Å². The summed E-state index contributed by atoms with van der Waals surface area (Å²) in [5, 5.41) is 0. The van der Waals surface area contributed by atoms with Crippen LogP contribution in [0.25, 0.3) is 5.69 Å². The van der Waals surface area contributed by atoms with Gasteiger partial charge in [-0.05, 0) is 19.1 Å². The van der Waals surface area contributed by atoms with Crippen molar-refractivity contribution in [1.29, 1.82) is 0 Å². The van der Waals surface area contributed by atoms with Crippen LogP contribution < -0.4 is 10.5 Å². The smallest absolute Gasteiger partial charge is 0.144 e. The standard InChI is InChI=1S/C11H13N3O/c1-8-13-5-6-14(8)10-4-3-9(12)7-11(10)15-2/h3-7H,12H2,1-2H3. The van der Waals surface area contributed by atoms with Gasteiger partial charge in [0, 0.05) is 24.1 Å². The molecule has 2 N–H and O–H groups in total. The van der Waals surface area contributed by atoms with Crippen LogP contribution in [0.4, 0.5) is 5.69 Å². The van der Waals surface area contributed by atoms with E-state index in [9.17, 15) is 0 Å². The number of rotatable bonds is 2. The maximum absolute atomic E-state index is 5.69. The molecule has 1 aromatic heterocycles. The van der Waals surface area contributed by atoms with Gasteiger partial charge in [-0.25, -0.2) is 4.98 Å². The van der Waals surface area contributed by atoms with Crippen molar-refractivity contribution in [3.63, 3.8) is 0 Å². The first-order chi connectivity index (χ1) is 7.22. The van der Waals surface area contributed by atoms with E-state index in [2.05, 4.69) is 4.98 Å². The minimum Gasteiger partial charge on any atom is -0.494 e. The van der Waals surface area contributed by atoms with Crippen LogP contribution in [0.1, 0.15) is 5.82 Å². The van der Waals surface area contributed by atoms with E-state index in [0.29, 0.717) is 5.69 Å². The van der Waals surface area contributed by atoms with Crippen LogP contribution in [-0.4, -0.2) is 16.7 Å². The van der Waals surface area contributed by atoms with E-state index in [1.54, 1.807) is 19.4 Å². The Hall–Kier alpha value is -1.97. The normalized spacial score (nSPS) is 10.3. The fourth-order valence-corrected chi connectivity index (χ4v) is 1.53. The van der Waals surface area contributed by atoms with Gasteiger partial charge in [-0.2, -0.15) is 0 Å². The van der Waals surface area contributed by atoms with Gasteiger partial charge in [0.15, 0.2) is 0 Å². The molecule has 0 aliphatic heterocycles. The van der Waals surface area contributed by atoms with E-state index in [1.807, 2.05) is 29.8 Å². The Morgan fingerprint density at radius 2 is 2.20 bits per heavy atom. The summed E-state index contributed by atoms with van der Waals surface area (Å²) < 4.78 is 7.23. The van der Waals surface area contributed by atoms with Crippen molar-refractivity contribution in [2.45, 2.75) is 6.92 Å². The lowest BCUT2D eigenvalue weighted by atomic mass is 10.2. The number of nitrogen functional groups attached to an aromatic ring is 1. The number of nitrogens with two attached hydrogens (primary N) is 1. The van der Waals surface area contributed by atoms with E-state index in [-0.39, 0.29) is 0 Å². The molecule has 1 heterocycles. The number of methoxy groups -OCH3 is 1. The molecule has 15 heavy (non-hydrogen) atoms. The summed E-state index contributed by atoms with van der Waals surface area (Å²) in [6.45, 7) is 1.94. The summed E-state index contributed by atoms with van der Waals surface area (Å²) in [6.07, 6.45) is 3.65. The largest absolute Gasteiger partial charge is 0.494 e. The van der Waals surface area contributed by atoms with Gasteiger partial charge in [-0.3, -0.25) is 0 Å². The number of hydrogen-bond donors (Lipinski definition) is 1. The molecule has 0 fully saturated rings. The topological polar surface area (TPSA) is 53.1 Å². The van der Waals surface area contributed by atoms with Crippen LogP contribution in [-0.2, 0) is 0 Å². The van der Waals surface area contributed by atoms with E-state index in [1.165, 1.54) is 0 Å². The summed E-state index contributed by atoms with van der Waals surface area (Å²) >= 11 is 0. The molecule has 2 aromatic rings. The van der Waals surface area contributed by atoms with Crippen molar-refractivity contribution < 1.29 is 4.74 Å². The highest BCUT2D eigenvalue weighted by Gasteiger charge is 2.07. The third-order valence-electron chi connectivity index (χ3n) is 2.29. The Morgan fingerprint density at radius 3 is 2.80 bits per heavy atom. The highest BCUT2D eigenvalue weighted by Crippen LogP contribution is 2.25. The second kappa shape index (κ2) is 3.65. The summed E-state index contributed by atoms with van der Waals surface area (Å²) in [6, 6.07) is 5.56. The highest BCUT2D eigenvalue weighted by atomic mass is 16.5. The Morgan fingerprint density at radius 1 is 1.40 bits per heavy atom. The number of aromatic nitrogens is 2. The lowest BCUT2D eigenvalue weighted by Crippen LogP contribution is -2.00. The Labute approximate surface area is 88.3 Å². The second-order valence-corrected chi connectivity index (χ2v) is 3.28. The molecule has 78 valence electrons. The lowest BCUT2D eigenvalue weighted by Gasteiger charge is -2.11. The van der Waals surface area contributed by atoms with Crippen LogP contribution in [0.5, 0.6) is 5.75 Å². The molecule has 0 spiro atoms. The van der Waals surface area contributed by atoms with Crippen LogP contribution in [0.15, 0.2) is 30.6 Å². The van der Waals surface area contributed by atoms with Crippen molar-refractivity contribution in [2.75, 3.05) is 12.8 Å². The minimum atomic E-state index is 0.688. The molecule has 0 radical (unpaired) electrons. The summed E-state index contributed by atoms with van der Waals surface area (Å²) in [5.41, 5.74) is 7.32.